The molecule has 0 aliphatic heterocycles. The van der Waals surface area contributed by atoms with Crippen molar-refractivity contribution in [3.63, 3.8) is 0 Å². The van der Waals surface area contributed by atoms with Gasteiger partial charge in [0.1, 0.15) is 0 Å². The number of anilines is 1. The van der Waals surface area contributed by atoms with Crippen molar-refractivity contribution < 1.29 is 18.0 Å². The van der Waals surface area contributed by atoms with Crippen LogP contribution < -0.4 is 5.32 Å². The molecule has 10 heteroatoms. The number of hydrogen-bond acceptors (Lipinski definition) is 3. The molecule has 20 heavy (non-hydrogen) atoms. The highest BCUT2D eigenvalue weighted by molar-refractivity contribution is 6.34. The fourth-order valence-corrected chi connectivity index (χ4v) is 1.84. The van der Waals surface area contributed by atoms with Gasteiger partial charge in [-0.1, -0.05) is 11.6 Å². The van der Waals surface area contributed by atoms with E-state index in [1.807, 2.05) is 0 Å². The van der Waals surface area contributed by atoms with E-state index >= 15 is 0 Å². The molecule has 2 rings (SSSR count). The second-order valence-corrected chi connectivity index (χ2v) is 4.43. The van der Waals surface area contributed by atoms with Crippen LogP contribution in [0.5, 0.6) is 0 Å². The molecule has 2 heterocycles. The van der Waals surface area contributed by atoms with Gasteiger partial charge in [-0.15, -0.1) is 0 Å². The lowest BCUT2D eigenvalue weighted by atomic mass is 10.2. The summed E-state index contributed by atoms with van der Waals surface area (Å²) in [6.45, 7) is 1.36. The van der Waals surface area contributed by atoms with Crippen molar-refractivity contribution in [3.05, 3.63) is 28.3 Å². The Bertz CT molecular complexity index is 660. The third-order valence-corrected chi connectivity index (χ3v) is 2.73. The Morgan fingerprint density at radius 1 is 1.50 bits per heavy atom. The number of hydrogen-bond donors (Lipinski definition) is 2. The number of aromatic amines is 1. The molecule has 0 atom stereocenters. The zero-order valence-electron chi connectivity index (χ0n) is 10.3. The van der Waals surface area contributed by atoms with Gasteiger partial charge in [0.25, 0.3) is 5.91 Å². The van der Waals surface area contributed by atoms with E-state index in [0.29, 0.717) is 0 Å². The highest BCUT2D eigenvalue weighted by atomic mass is 35.5. The molecule has 0 bridgehead atoms. The molecule has 2 aromatic rings. The SMILES string of the molecule is Cc1[nH]nc(C(F)(F)F)c1NC(=O)c1nn(C)cc1Cl. The van der Waals surface area contributed by atoms with Crippen molar-refractivity contribution >= 4 is 23.2 Å². The summed E-state index contributed by atoms with van der Waals surface area (Å²) in [5.41, 5.74) is -1.72. The topological polar surface area (TPSA) is 75.6 Å². The predicted octanol–water partition coefficient (Wildman–Crippen LogP) is 2.38. The maximum atomic E-state index is 12.7. The molecular formula is C10H9ClF3N5O. The zero-order chi connectivity index (χ0) is 15.1. The van der Waals surface area contributed by atoms with Crippen LogP contribution in [0.3, 0.4) is 0 Å². The summed E-state index contributed by atoms with van der Waals surface area (Å²) in [7, 11) is 1.53. The van der Waals surface area contributed by atoms with Crippen molar-refractivity contribution in [1.82, 2.24) is 20.0 Å². The van der Waals surface area contributed by atoms with Gasteiger partial charge in [0, 0.05) is 13.2 Å². The van der Waals surface area contributed by atoms with Gasteiger partial charge in [0.2, 0.25) is 0 Å². The molecule has 6 nitrogen and oxygen atoms in total. The first-order valence-corrected chi connectivity index (χ1v) is 5.70. The van der Waals surface area contributed by atoms with E-state index in [-0.39, 0.29) is 16.4 Å². The number of rotatable bonds is 2. The van der Waals surface area contributed by atoms with E-state index < -0.39 is 23.5 Å². The molecule has 108 valence electrons. The van der Waals surface area contributed by atoms with Crippen molar-refractivity contribution in [3.8, 4) is 0 Å². The standard InChI is InChI=1S/C10H9ClF3N5O/c1-4-6(8(17-16-4)10(12,13)14)15-9(20)7-5(11)3-19(2)18-7/h3H,1-2H3,(H,15,20)(H,16,17). The van der Waals surface area contributed by atoms with Crippen LogP contribution in [0, 0.1) is 6.92 Å². The highest BCUT2D eigenvalue weighted by Crippen LogP contribution is 2.34. The van der Waals surface area contributed by atoms with E-state index in [1.165, 1.54) is 24.9 Å². The number of nitrogens with zero attached hydrogens (tertiary/aromatic N) is 3. The monoisotopic (exact) mass is 307 g/mol. The van der Waals surface area contributed by atoms with E-state index in [4.69, 9.17) is 11.6 Å². The molecule has 0 saturated heterocycles. The number of aryl methyl sites for hydroxylation is 2. The maximum Gasteiger partial charge on any atom is 0.437 e. The van der Waals surface area contributed by atoms with Crippen molar-refractivity contribution in [2.75, 3.05) is 5.32 Å². The van der Waals surface area contributed by atoms with Crippen molar-refractivity contribution in [2.24, 2.45) is 7.05 Å². The maximum absolute atomic E-state index is 12.7. The number of aromatic nitrogens is 4. The first kappa shape index (κ1) is 14.4. The summed E-state index contributed by atoms with van der Waals surface area (Å²) in [6, 6.07) is 0. The zero-order valence-corrected chi connectivity index (χ0v) is 11.1. The van der Waals surface area contributed by atoms with Crippen LogP contribution >= 0.6 is 11.6 Å². The summed E-state index contributed by atoms with van der Waals surface area (Å²) < 4.78 is 39.4. The molecule has 0 aliphatic carbocycles. The fraction of sp³-hybridized carbons (Fsp3) is 0.300. The molecule has 2 N–H and O–H groups in total. The molecule has 0 spiro atoms. The van der Waals surface area contributed by atoms with E-state index in [1.54, 1.807) is 0 Å². The van der Waals surface area contributed by atoms with Crippen molar-refractivity contribution in [2.45, 2.75) is 13.1 Å². The second-order valence-electron chi connectivity index (χ2n) is 4.02. The largest absolute Gasteiger partial charge is 0.437 e. The summed E-state index contributed by atoms with van der Waals surface area (Å²) in [5.74, 6) is -0.842. The Morgan fingerprint density at radius 2 is 2.15 bits per heavy atom. The van der Waals surface area contributed by atoms with Crippen LogP contribution in [0.1, 0.15) is 21.9 Å². The van der Waals surface area contributed by atoms with Crippen LogP contribution in [-0.4, -0.2) is 25.9 Å². The number of amides is 1. The van der Waals surface area contributed by atoms with Gasteiger partial charge in [-0.25, -0.2) is 0 Å². The van der Waals surface area contributed by atoms with Crippen LogP contribution in [0.4, 0.5) is 18.9 Å². The van der Waals surface area contributed by atoms with Crippen LogP contribution in [0.2, 0.25) is 5.02 Å². The minimum absolute atomic E-state index is 0.0414. The molecule has 0 aromatic carbocycles. The minimum atomic E-state index is -4.68. The number of halogens is 4. The predicted molar refractivity (Wildman–Crippen MR) is 64.5 cm³/mol. The Labute approximate surface area is 115 Å². The number of H-pyrrole nitrogens is 1. The molecule has 0 fully saturated rings. The molecule has 0 saturated carbocycles. The first-order chi connectivity index (χ1) is 9.20. The summed E-state index contributed by atoms with van der Waals surface area (Å²) in [4.78, 5) is 11.9. The molecule has 1 amide bonds. The Hall–Kier alpha value is -2.03. The number of carbonyl (C=O) groups excluding carboxylic acids is 1. The molecule has 0 radical (unpaired) electrons. The lowest BCUT2D eigenvalue weighted by molar-refractivity contribution is -0.140. The van der Waals surface area contributed by atoms with Crippen LogP contribution in [0.15, 0.2) is 6.20 Å². The molecule has 2 aromatic heterocycles. The van der Waals surface area contributed by atoms with Crippen molar-refractivity contribution in [1.29, 1.82) is 0 Å². The van der Waals surface area contributed by atoms with Gasteiger partial charge in [0.05, 0.1) is 16.4 Å². The van der Waals surface area contributed by atoms with Gasteiger partial charge in [0.15, 0.2) is 11.4 Å². The number of nitrogens with one attached hydrogen (secondary N) is 2. The first-order valence-electron chi connectivity index (χ1n) is 5.32. The average molecular weight is 308 g/mol. The van der Waals surface area contributed by atoms with Gasteiger partial charge in [-0.3, -0.25) is 14.6 Å². The lowest BCUT2D eigenvalue weighted by Gasteiger charge is -2.08. The van der Waals surface area contributed by atoms with Gasteiger partial charge >= 0.3 is 6.18 Å². The van der Waals surface area contributed by atoms with E-state index in [2.05, 4.69) is 20.6 Å². The summed E-state index contributed by atoms with van der Waals surface area (Å²) >= 11 is 5.76. The summed E-state index contributed by atoms with van der Waals surface area (Å²) in [5, 5.41) is 11.3. The van der Waals surface area contributed by atoms with E-state index in [0.717, 1.165) is 0 Å². The third-order valence-electron chi connectivity index (χ3n) is 2.45. The highest BCUT2D eigenvalue weighted by Gasteiger charge is 2.38. The van der Waals surface area contributed by atoms with Gasteiger partial charge in [-0.05, 0) is 6.92 Å². The minimum Gasteiger partial charge on any atom is -0.317 e. The lowest BCUT2D eigenvalue weighted by Crippen LogP contribution is -2.17. The normalized spacial score (nSPS) is 11.7. The van der Waals surface area contributed by atoms with Gasteiger partial charge in [-0.2, -0.15) is 23.4 Å². The van der Waals surface area contributed by atoms with Gasteiger partial charge < -0.3 is 5.32 Å². The van der Waals surface area contributed by atoms with Crippen LogP contribution in [-0.2, 0) is 13.2 Å². The average Bonchev–Trinajstić information content (AvgIpc) is 2.82. The number of alkyl halides is 3. The Kier molecular flexibility index (Phi) is 3.46. The van der Waals surface area contributed by atoms with E-state index in [9.17, 15) is 18.0 Å². The second kappa shape index (κ2) is 4.82. The van der Waals surface area contributed by atoms with Crippen LogP contribution in [0.25, 0.3) is 0 Å². The molecule has 0 unspecified atom stereocenters. The fourth-order valence-electron chi connectivity index (χ4n) is 1.57. The smallest absolute Gasteiger partial charge is 0.317 e. The number of carbonyl (C=O) groups is 1. The third kappa shape index (κ3) is 2.62. The molecule has 0 aliphatic rings. The summed E-state index contributed by atoms with van der Waals surface area (Å²) in [6.07, 6.45) is -3.31. The Morgan fingerprint density at radius 3 is 2.65 bits per heavy atom. The molecular weight excluding hydrogens is 299 g/mol. The Balaban J connectivity index is 2.33. The quantitative estimate of drug-likeness (QED) is 0.894.